The second-order valence-electron chi connectivity index (χ2n) is 5.08. The molecule has 1 N–H and O–H groups in total. The van der Waals surface area contributed by atoms with E-state index in [1.165, 1.54) is 5.56 Å². The van der Waals surface area contributed by atoms with E-state index in [0.717, 1.165) is 17.7 Å². The summed E-state index contributed by atoms with van der Waals surface area (Å²) in [5.74, 6) is 0.0737. The molecule has 0 saturated heterocycles. The molecule has 20 heavy (non-hydrogen) atoms. The van der Waals surface area contributed by atoms with Gasteiger partial charge in [-0.3, -0.25) is 9.48 Å². The summed E-state index contributed by atoms with van der Waals surface area (Å²) < 4.78 is 1.82. The predicted octanol–water partition coefficient (Wildman–Crippen LogP) is 2.54. The van der Waals surface area contributed by atoms with Gasteiger partial charge in [-0.05, 0) is 25.8 Å². The molecule has 0 saturated carbocycles. The Morgan fingerprint density at radius 3 is 2.65 bits per heavy atom. The van der Waals surface area contributed by atoms with Crippen LogP contribution in [0.3, 0.4) is 0 Å². The zero-order chi connectivity index (χ0) is 14.5. The van der Waals surface area contributed by atoms with Crippen molar-refractivity contribution in [1.82, 2.24) is 15.1 Å². The molecule has 0 aliphatic rings. The molecule has 0 radical (unpaired) electrons. The highest BCUT2D eigenvalue weighted by atomic mass is 16.1. The SMILES string of the molecule is Cc1c(C(C)NC(=O)CCc2ccccc2)cnn1C. The van der Waals surface area contributed by atoms with Gasteiger partial charge in [-0.2, -0.15) is 5.10 Å². The number of nitrogens with one attached hydrogen (secondary N) is 1. The number of amides is 1. The molecule has 2 aromatic rings. The lowest BCUT2D eigenvalue weighted by Gasteiger charge is -2.13. The summed E-state index contributed by atoms with van der Waals surface area (Å²) >= 11 is 0. The molecular weight excluding hydrogens is 250 g/mol. The molecule has 1 unspecified atom stereocenters. The van der Waals surface area contributed by atoms with Gasteiger partial charge in [0.25, 0.3) is 0 Å². The fourth-order valence-electron chi connectivity index (χ4n) is 2.23. The van der Waals surface area contributed by atoms with E-state index >= 15 is 0 Å². The van der Waals surface area contributed by atoms with Gasteiger partial charge in [0, 0.05) is 24.7 Å². The number of carbonyl (C=O) groups excluding carboxylic acids is 1. The maximum atomic E-state index is 12.0. The highest BCUT2D eigenvalue weighted by Crippen LogP contribution is 2.16. The lowest BCUT2D eigenvalue weighted by Crippen LogP contribution is -2.27. The summed E-state index contributed by atoms with van der Waals surface area (Å²) in [6.07, 6.45) is 3.09. The predicted molar refractivity (Wildman–Crippen MR) is 79.3 cm³/mol. The third-order valence-electron chi connectivity index (χ3n) is 3.60. The Labute approximate surface area is 119 Å². The van der Waals surface area contributed by atoms with Crippen molar-refractivity contribution in [2.24, 2.45) is 7.05 Å². The zero-order valence-corrected chi connectivity index (χ0v) is 12.3. The van der Waals surface area contributed by atoms with Gasteiger partial charge in [0.05, 0.1) is 12.2 Å². The number of rotatable bonds is 5. The van der Waals surface area contributed by atoms with E-state index in [2.05, 4.69) is 10.4 Å². The lowest BCUT2D eigenvalue weighted by atomic mass is 10.1. The topological polar surface area (TPSA) is 46.9 Å². The molecule has 0 aliphatic heterocycles. The Hall–Kier alpha value is -2.10. The average Bonchev–Trinajstić information content (AvgIpc) is 2.78. The van der Waals surface area contributed by atoms with Gasteiger partial charge >= 0.3 is 0 Å². The Morgan fingerprint density at radius 1 is 1.35 bits per heavy atom. The molecule has 1 heterocycles. The lowest BCUT2D eigenvalue weighted by molar-refractivity contribution is -0.121. The molecule has 1 aromatic carbocycles. The van der Waals surface area contributed by atoms with E-state index < -0.39 is 0 Å². The van der Waals surface area contributed by atoms with Crippen molar-refractivity contribution in [1.29, 1.82) is 0 Å². The normalized spacial score (nSPS) is 12.2. The Balaban J connectivity index is 1.87. The van der Waals surface area contributed by atoms with Crippen LogP contribution in [0.5, 0.6) is 0 Å². The van der Waals surface area contributed by atoms with E-state index in [9.17, 15) is 4.79 Å². The summed E-state index contributed by atoms with van der Waals surface area (Å²) in [4.78, 5) is 12.0. The molecule has 0 fully saturated rings. The highest BCUT2D eigenvalue weighted by molar-refractivity contribution is 5.76. The largest absolute Gasteiger partial charge is 0.349 e. The summed E-state index contributed by atoms with van der Waals surface area (Å²) in [6, 6.07) is 10.1. The number of aryl methyl sites for hydroxylation is 2. The summed E-state index contributed by atoms with van der Waals surface area (Å²) in [7, 11) is 1.91. The number of hydrogen-bond donors (Lipinski definition) is 1. The van der Waals surface area contributed by atoms with Crippen LogP contribution in [0, 0.1) is 6.92 Å². The fourth-order valence-corrected chi connectivity index (χ4v) is 2.23. The van der Waals surface area contributed by atoms with Crippen molar-refractivity contribution in [2.75, 3.05) is 0 Å². The zero-order valence-electron chi connectivity index (χ0n) is 12.3. The average molecular weight is 271 g/mol. The van der Waals surface area contributed by atoms with Crippen molar-refractivity contribution in [3.63, 3.8) is 0 Å². The van der Waals surface area contributed by atoms with Gasteiger partial charge < -0.3 is 5.32 Å². The summed E-state index contributed by atoms with van der Waals surface area (Å²) in [5.41, 5.74) is 3.34. The molecule has 0 bridgehead atoms. The first kappa shape index (κ1) is 14.3. The van der Waals surface area contributed by atoms with Crippen LogP contribution in [0.25, 0.3) is 0 Å². The Kier molecular flexibility index (Phi) is 4.56. The first-order valence-electron chi connectivity index (χ1n) is 6.89. The third kappa shape index (κ3) is 3.47. The minimum atomic E-state index is -0.00743. The standard InChI is InChI=1S/C16H21N3O/c1-12(15-11-17-19(3)13(15)2)18-16(20)10-9-14-7-5-4-6-8-14/h4-8,11-12H,9-10H2,1-3H3,(H,18,20). The summed E-state index contributed by atoms with van der Waals surface area (Å²) in [6.45, 7) is 4.00. The Bertz CT molecular complexity index is 575. The van der Waals surface area contributed by atoms with E-state index in [-0.39, 0.29) is 11.9 Å². The van der Waals surface area contributed by atoms with Gasteiger partial charge in [-0.15, -0.1) is 0 Å². The van der Waals surface area contributed by atoms with Crippen LogP contribution in [0.2, 0.25) is 0 Å². The van der Waals surface area contributed by atoms with Crippen LogP contribution in [0.4, 0.5) is 0 Å². The molecule has 2 rings (SSSR count). The fraction of sp³-hybridized carbons (Fsp3) is 0.375. The number of carbonyl (C=O) groups is 1. The summed E-state index contributed by atoms with van der Waals surface area (Å²) in [5, 5.41) is 7.23. The minimum absolute atomic E-state index is 0.00743. The van der Waals surface area contributed by atoms with E-state index in [0.29, 0.717) is 6.42 Å². The van der Waals surface area contributed by atoms with Gasteiger partial charge in [-0.1, -0.05) is 30.3 Å². The molecule has 106 valence electrons. The highest BCUT2D eigenvalue weighted by Gasteiger charge is 2.14. The van der Waals surface area contributed by atoms with Crippen molar-refractivity contribution in [2.45, 2.75) is 32.7 Å². The van der Waals surface area contributed by atoms with Crippen LogP contribution in [0.15, 0.2) is 36.5 Å². The number of nitrogens with zero attached hydrogens (tertiary/aromatic N) is 2. The maximum Gasteiger partial charge on any atom is 0.220 e. The molecule has 1 aromatic heterocycles. The maximum absolute atomic E-state index is 12.0. The molecule has 0 aliphatic carbocycles. The molecule has 0 spiro atoms. The van der Waals surface area contributed by atoms with Gasteiger partial charge in [0.2, 0.25) is 5.91 Å². The first-order chi connectivity index (χ1) is 9.58. The second kappa shape index (κ2) is 6.37. The molecule has 1 amide bonds. The first-order valence-corrected chi connectivity index (χ1v) is 6.89. The van der Waals surface area contributed by atoms with Crippen LogP contribution in [-0.2, 0) is 18.3 Å². The molecule has 4 heteroatoms. The van der Waals surface area contributed by atoms with Crippen molar-refractivity contribution < 1.29 is 4.79 Å². The van der Waals surface area contributed by atoms with Crippen LogP contribution in [0.1, 0.15) is 36.2 Å². The number of benzene rings is 1. The monoisotopic (exact) mass is 271 g/mol. The van der Waals surface area contributed by atoms with E-state index in [1.807, 2.05) is 62.1 Å². The van der Waals surface area contributed by atoms with Crippen molar-refractivity contribution in [3.05, 3.63) is 53.3 Å². The van der Waals surface area contributed by atoms with Crippen LogP contribution in [-0.4, -0.2) is 15.7 Å². The quantitative estimate of drug-likeness (QED) is 0.908. The van der Waals surface area contributed by atoms with Crippen LogP contribution < -0.4 is 5.32 Å². The van der Waals surface area contributed by atoms with Crippen LogP contribution >= 0.6 is 0 Å². The third-order valence-corrected chi connectivity index (χ3v) is 3.60. The number of hydrogen-bond acceptors (Lipinski definition) is 2. The second-order valence-corrected chi connectivity index (χ2v) is 5.08. The van der Waals surface area contributed by atoms with E-state index in [4.69, 9.17) is 0 Å². The van der Waals surface area contributed by atoms with Crippen molar-refractivity contribution in [3.8, 4) is 0 Å². The van der Waals surface area contributed by atoms with Gasteiger partial charge in [0.1, 0.15) is 0 Å². The minimum Gasteiger partial charge on any atom is -0.349 e. The molecule has 1 atom stereocenters. The molecular formula is C16H21N3O. The van der Waals surface area contributed by atoms with E-state index in [1.54, 1.807) is 0 Å². The molecule has 4 nitrogen and oxygen atoms in total. The number of aromatic nitrogens is 2. The van der Waals surface area contributed by atoms with Gasteiger partial charge in [0.15, 0.2) is 0 Å². The van der Waals surface area contributed by atoms with Gasteiger partial charge in [-0.25, -0.2) is 0 Å². The Morgan fingerprint density at radius 2 is 2.05 bits per heavy atom. The smallest absolute Gasteiger partial charge is 0.220 e. The van der Waals surface area contributed by atoms with Crippen molar-refractivity contribution >= 4 is 5.91 Å².